The van der Waals surface area contributed by atoms with Crippen molar-refractivity contribution < 1.29 is 25.8 Å². The molecule has 0 N–H and O–H groups in total. The second-order valence-corrected chi connectivity index (χ2v) is 5.89. The van der Waals surface area contributed by atoms with E-state index in [4.69, 9.17) is 0 Å². The summed E-state index contributed by atoms with van der Waals surface area (Å²) in [5.74, 6) is -0.599. The van der Waals surface area contributed by atoms with Crippen LogP contribution in [0.4, 0.5) is 13.2 Å². The molecule has 0 bridgehead atoms. The predicted molar refractivity (Wildman–Crippen MR) is 68.1 cm³/mol. The molecule has 0 spiro atoms. The molecule has 1 aromatic heterocycles. The normalized spacial score (nSPS) is 16.9. The molecule has 0 aromatic carbocycles. The highest BCUT2D eigenvalue weighted by atomic mass is 32.2. The standard InChI is InChI=1S/C12H7F3N2O3S/c13-12(14,15)21(18,19)20-11-9-6-10-8(2-3-16-10)5-7(9)1-4-17-11/h1-4,6H,5H2. The van der Waals surface area contributed by atoms with Crippen molar-refractivity contribution in [2.24, 2.45) is 4.99 Å². The SMILES string of the molecule is O=S(=O)(Oc1nccc2c1C=C1N=CC=C1C2)C(F)(F)F. The van der Waals surface area contributed by atoms with Gasteiger partial charge in [-0.2, -0.15) is 21.6 Å². The Kier molecular flexibility index (Phi) is 2.90. The van der Waals surface area contributed by atoms with E-state index in [1.165, 1.54) is 12.3 Å². The highest BCUT2D eigenvalue weighted by molar-refractivity contribution is 7.87. The number of aliphatic imine (C=N–C) groups is 1. The molecule has 21 heavy (non-hydrogen) atoms. The number of halogens is 3. The average molecular weight is 316 g/mol. The van der Waals surface area contributed by atoms with Gasteiger partial charge in [-0.1, -0.05) is 0 Å². The van der Waals surface area contributed by atoms with Crippen LogP contribution in [0, 0.1) is 0 Å². The summed E-state index contributed by atoms with van der Waals surface area (Å²) in [5.41, 5.74) is -3.23. The van der Waals surface area contributed by atoms with Crippen molar-refractivity contribution in [3.05, 3.63) is 40.7 Å². The maximum absolute atomic E-state index is 12.4. The molecule has 2 heterocycles. The van der Waals surface area contributed by atoms with Gasteiger partial charge in [-0.15, -0.1) is 0 Å². The Balaban J connectivity index is 2.05. The van der Waals surface area contributed by atoms with E-state index in [0.717, 1.165) is 5.57 Å². The summed E-state index contributed by atoms with van der Waals surface area (Å²) in [4.78, 5) is 7.62. The van der Waals surface area contributed by atoms with E-state index in [1.807, 2.05) is 0 Å². The van der Waals surface area contributed by atoms with Gasteiger partial charge in [0.1, 0.15) is 0 Å². The number of fused-ring (bicyclic) bond motifs is 2. The van der Waals surface area contributed by atoms with Crippen LogP contribution in [-0.2, 0) is 16.5 Å². The summed E-state index contributed by atoms with van der Waals surface area (Å²) in [5, 5.41) is 0. The van der Waals surface area contributed by atoms with Gasteiger partial charge < -0.3 is 4.18 Å². The van der Waals surface area contributed by atoms with E-state index in [-0.39, 0.29) is 5.56 Å². The van der Waals surface area contributed by atoms with Crippen LogP contribution in [0.25, 0.3) is 6.08 Å². The molecule has 0 saturated carbocycles. The molecule has 2 aliphatic rings. The number of alkyl halides is 3. The number of hydrogen-bond donors (Lipinski definition) is 0. The monoisotopic (exact) mass is 316 g/mol. The number of allylic oxidation sites excluding steroid dienone is 2. The molecule has 0 amide bonds. The van der Waals surface area contributed by atoms with E-state index in [9.17, 15) is 21.6 Å². The fourth-order valence-corrected chi connectivity index (χ4v) is 2.45. The van der Waals surface area contributed by atoms with Gasteiger partial charge in [0, 0.05) is 24.4 Å². The Morgan fingerprint density at radius 1 is 1.29 bits per heavy atom. The quantitative estimate of drug-likeness (QED) is 0.620. The second kappa shape index (κ2) is 4.42. The van der Waals surface area contributed by atoms with Gasteiger partial charge in [-0.25, -0.2) is 4.98 Å². The zero-order chi connectivity index (χ0) is 15.3. The topological polar surface area (TPSA) is 68.6 Å². The molecule has 1 aliphatic heterocycles. The van der Waals surface area contributed by atoms with Gasteiger partial charge in [0.2, 0.25) is 5.88 Å². The fourth-order valence-electron chi connectivity index (χ4n) is 2.01. The lowest BCUT2D eigenvalue weighted by atomic mass is 9.93. The Hall–Kier alpha value is -2.16. The zero-order valence-electron chi connectivity index (χ0n) is 10.3. The van der Waals surface area contributed by atoms with Crippen LogP contribution in [0.5, 0.6) is 5.88 Å². The third-order valence-corrected chi connectivity index (χ3v) is 3.94. The predicted octanol–water partition coefficient (Wildman–Crippen LogP) is 2.22. The van der Waals surface area contributed by atoms with Gasteiger partial charge in [0.05, 0.1) is 5.70 Å². The lowest BCUT2D eigenvalue weighted by molar-refractivity contribution is -0.0501. The minimum atomic E-state index is -5.75. The van der Waals surface area contributed by atoms with Gasteiger partial charge in [-0.05, 0) is 29.4 Å². The largest absolute Gasteiger partial charge is 0.534 e. The first kappa shape index (κ1) is 13.8. The third-order valence-electron chi connectivity index (χ3n) is 3.00. The third kappa shape index (κ3) is 2.33. The van der Waals surface area contributed by atoms with E-state index in [0.29, 0.717) is 17.7 Å². The molecular weight excluding hydrogens is 309 g/mol. The van der Waals surface area contributed by atoms with Crippen molar-refractivity contribution in [1.82, 2.24) is 4.98 Å². The molecule has 0 fully saturated rings. The minimum absolute atomic E-state index is 0.191. The van der Waals surface area contributed by atoms with Crippen LogP contribution in [0.3, 0.4) is 0 Å². The van der Waals surface area contributed by atoms with Crippen molar-refractivity contribution in [2.75, 3.05) is 0 Å². The molecule has 3 rings (SSSR count). The van der Waals surface area contributed by atoms with Crippen LogP contribution in [-0.4, -0.2) is 25.1 Å². The molecule has 5 nitrogen and oxygen atoms in total. The van der Waals surface area contributed by atoms with E-state index in [1.54, 1.807) is 18.4 Å². The minimum Gasteiger partial charge on any atom is -0.355 e. The summed E-state index contributed by atoms with van der Waals surface area (Å²) in [6, 6.07) is 1.59. The first-order valence-corrected chi connectivity index (χ1v) is 7.13. The van der Waals surface area contributed by atoms with E-state index >= 15 is 0 Å². The Labute approximate surface area is 117 Å². The Bertz CT molecular complexity index is 808. The van der Waals surface area contributed by atoms with Crippen LogP contribution in [0.2, 0.25) is 0 Å². The second-order valence-electron chi connectivity index (χ2n) is 4.35. The lowest BCUT2D eigenvalue weighted by Crippen LogP contribution is -2.28. The molecule has 9 heteroatoms. The van der Waals surface area contributed by atoms with Crippen molar-refractivity contribution in [3.8, 4) is 5.88 Å². The summed E-state index contributed by atoms with van der Waals surface area (Å²) in [6.07, 6.45) is 6.43. The average Bonchev–Trinajstić information content (AvgIpc) is 2.82. The Morgan fingerprint density at radius 2 is 2.05 bits per heavy atom. The Morgan fingerprint density at radius 3 is 2.76 bits per heavy atom. The molecule has 0 atom stereocenters. The smallest absolute Gasteiger partial charge is 0.355 e. The van der Waals surface area contributed by atoms with Crippen LogP contribution in [0.15, 0.2) is 34.6 Å². The van der Waals surface area contributed by atoms with E-state index < -0.39 is 21.5 Å². The van der Waals surface area contributed by atoms with Crippen LogP contribution < -0.4 is 4.18 Å². The maximum atomic E-state index is 12.4. The number of hydrogen-bond acceptors (Lipinski definition) is 5. The zero-order valence-corrected chi connectivity index (χ0v) is 11.1. The molecule has 0 saturated heterocycles. The molecule has 110 valence electrons. The van der Waals surface area contributed by atoms with Crippen LogP contribution >= 0.6 is 0 Å². The maximum Gasteiger partial charge on any atom is 0.534 e. The van der Waals surface area contributed by atoms with E-state index in [2.05, 4.69) is 14.2 Å². The fraction of sp³-hybridized carbons (Fsp3) is 0.167. The van der Waals surface area contributed by atoms with Gasteiger partial charge in [0.15, 0.2) is 0 Å². The lowest BCUT2D eigenvalue weighted by Gasteiger charge is -2.17. The number of aromatic nitrogens is 1. The van der Waals surface area contributed by atoms with Gasteiger partial charge in [0.25, 0.3) is 0 Å². The van der Waals surface area contributed by atoms with Gasteiger partial charge in [-0.3, -0.25) is 4.99 Å². The highest BCUT2D eigenvalue weighted by Gasteiger charge is 2.49. The van der Waals surface area contributed by atoms with Crippen molar-refractivity contribution in [2.45, 2.75) is 11.9 Å². The summed E-state index contributed by atoms with van der Waals surface area (Å²) in [6.45, 7) is 0. The van der Waals surface area contributed by atoms with Crippen molar-refractivity contribution in [1.29, 1.82) is 0 Å². The molecule has 1 aromatic rings. The van der Waals surface area contributed by atoms with Crippen molar-refractivity contribution in [3.63, 3.8) is 0 Å². The summed E-state index contributed by atoms with van der Waals surface area (Å²) in [7, 11) is -5.75. The van der Waals surface area contributed by atoms with Crippen molar-refractivity contribution >= 4 is 22.4 Å². The van der Waals surface area contributed by atoms with Crippen LogP contribution in [0.1, 0.15) is 11.1 Å². The molecular formula is C12H7F3N2O3S. The van der Waals surface area contributed by atoms with Gasteiger partial charge >= 0.3 is 15.6 Å². The summed E-state index contributed by atoms with van der Waals surface area (Å²) < 4.78 is 63.4. The molecule has 1 aliphatic carbocycles. The molecule has 0 unspecified atom stereocenters. The first-order valence-electron chi connectivity index (χ1n) is 5.72. The highest BCUT2D eigenvalue weighted by Crippen LogP contribution is 2.36. The number of nitrogens with zero attached hydrogens (tertiary/aromatic N) is 2. The number of rotatable bonds is 2. The summed E-state index contributed by atoms with van der Waals surface area (Å²) >= 11 is 0. The first-order chi connectivity index (χ1) is 9.78. The number of pyridine rings is 1. The molecule has 0 radical (unpaired) electrons.